The highest BCUT2D eigenvalue weighted by atomic mass is 16.5. The largest absolute Gasteiger partial charge is 0.497 e. The van der Waals surface area contributed by atoms with Gasteiger partial charge in [0.1, 0.15) is 17.2 Å². The summed E-state index contributed by atoms with van der Waals surface area (Å²) in [5.41, 5.74) is 7.48. The van der Waals surface area contributed by atoms with E-state index < -0.39 is 5.92 Å². The first-order valence-corrected chi connectivity index (χ1v) is 8.73. The average molecular weight is 385 g/mol. The van der Waals surface area contributed by atoms with Crippen molar-refractivity contribution < 1.29 is 23.8 Å². The number of methoxy groups -OCH3 is 3. The third-order valence-corrected chi connectivity index (χ3v) is 4.64. The number of benzene rings is 2. The zero-order valence-corrected chi connectivity index (χ0v) is 16.0. The number of amides is 2. The summed E-state index contributed by atoms with van der Waals surface area (Å²) in [6.07, 6.45) is 0.122. The standard InChI is InChI=1S/C20H23N3O5/c1-26-15-8-14(9-16(10-15)27-2)23-11-12(6-19(23)24)20(25)22-13-4-5-18(28-3)17(21)7-13/h4-5,7-10,12H,6,11,21H2,1-3H3,(H,22,25). The van der Waals surface area contributed by atoms with Gasteiger partial charge in [-0.15, -0.1) is 0 Å². The number of carbonyl (C=O) groups is 2. The number of hydrogen-bond donors (Lipinski definition) is 2. The summed E-state index contributed by atoms with van der Waals surface area (Å²) in [5, 5.41) is 2.81. The molecule has 1 heterocycles. The van der Waals surface area contributed by atoms with Crippen molar-refractivity contribution in [3.63, 3.8) is 0 Å². The van der Waals surface area contributed by atoms with Crippen molar-refractivity contribution in [2.45, 2.75) is 6.42 Å². The molecule has 8 nitrogen and oxygen atoms in total. The lowest BCUT2D eigenvalue weighted by atomic mass is 10.1. The molecule has 148 valence electrons. The van der Waals surface area contributed by atoms with Crippen LogP contribution >= 0.6 is 0 Å². The lowest BCUT2D eigenvalue weighted by molar-refractivity contribution is -0.122. The second kappa shape index (κ2) is 8.08. The van der Waals surface area contributed by atoms with E-state index in [1.807, 2.05) is 0 Å². The zero-order chi connectivity index (χ0) is 20.3. The third-order valence-electron chi connectivity index (χ3n) is 4.64. The van der Waals surface area contributed by atoms with Crippen LogP contribution in [0.3, 0.4) is 0 Å². The summed E-state index contributed by atoms with van der Waals surface area (Å²) in [7, 11) is 4.61. The van der Waals surface area contributed by atoms with Gasteiger partial charge in [-0.05, 0) is 18.2 Å². The summed E-state index contributed by atoms with van der Waals surface area (Å²) in [5.74, 6) is 0.827. The van der Waals surface area contributed by atoms with Gasteiger partial charge >= 0.3 is 0 Å². The maximum atomic E-state index is 12.6. The van der Waals surface area contributed by atoms with E-state index in [1.165, 1.54) is 7.11 Å². The molecule has 0 aromatic heterocycles. The molecular weight excluding hydrogens is 362 g/mol. The van der Waals surface area contributed by atoms with Crippen molar-refractivity contribution in [3.8, 4) is 17.2 Å². The number of carbonyl (C=O) groups excluding carboxylic acids is 2. The Balaban J connectivity index is 1.73. The molecule has 0 spiro atoms. The van der Waals surface area contributed by atoms with Gasteiger partial charge in [0.15, 0.2) is 0 Å². The van der Waals surface area contributed by atoms with Crippen LogP contribution in [0.5, 0.6) is 17.2 Å². The quantitative estimate of drug-likeness (QED) is 0.740. The molecule has 0 radical (unpaired) electrons. The molecule has 28 heavy (non-hydrogen) atoms. The van der Waals surface area contributed by atoms with E-state index in [4.69, 9.17) is 19.9 Å². The first-order chi connectivity index (χ1) is 13.4. The van der Waals surface area contributed by atoms with Gasteiger partial charge in [-0.2, -0.15) is 0 Å². The van der Waals surface area contributed by atoms with E-state index in [-0.39, 0.29) is 24.8 Å². The summed E-state index contributed by atoms with van der Waals surface area (Å²) in [4.78, 5) is 26.7. The highest BCUT2D eigenvalue weighted by Gasteiger charge is 2.35. The van der Waals surface area contributed by atoms with E-state index in [0.717, 1.165) is 0 Å². The Hall–Kier alpha value is -3.42. The minimum Gasteiger partial charge on any atom is -0.497 e. The molecule has 0 bridgehead atoms. The van der Waals surface area contributed by atoms with Gasteiger partial charge in [-0.1, -0.05) is 0 Å². The summed E-state index contributed by atoms with van der Waals surface area (Å²) < 4.78 is 15.6. The number of anilines is 3. The predicted octanol–water partition coefficient (Wildman–Crippen LogP) is 2.29. The monoisotopic (exact) mass is 385 g/mol. The molecule has 0 saturated carbocycles. The highest BCUT2D eigenvalue weighted by Crippen LogP contribution is 2.33. The van der Waals surface area contributed by atoms with Crippen LogP contribution in [0.1, 0.15) is 6.42 Å². The Morgan fingerprint density at radius 3 is 2.32 bits per heavy atom. The van der Waals surface area contributed by atoms with Crippen molar-refractivity contribution in [1.82, 2.24) is 0 Å². The van der Waals surface area contributed by atoms with Crippen LogP contribution < -0.4 is 30.2 Å². The van der Waals surface area contributed by atoms with E-state index in [2.05, 4.69) is 5.32 Å². The molecule has 1 atom stereocenters. The van der Waals surface area contributed by atoms with E-state index in [0.29, 0.717) is 34.3 Å². The molecule has 2 aromatic rings. The second-order valence-corrected chi connectivity index (χ2v) is 6.42. The molecule has 8 heteroatoms. The molecule has 2 amide bonds. The minimum absolute atomic E-state index is 0.122. The van der Waals surface area contributed by atoms with Crippen molar-refractivity contribution in [2.75, 3.05) is 43.8 Å². The first kappa shape index (κ1) is 19.3. The van der Waals surface area contributed by atoms with Crippen molar-refractivity contribution in [3.05, 3.63) is 36.4 Å². The molecule has 1 unspecified atom stereocenters. The van der Waals surface area contributed by atoms with Gasteiger partial charge in [0.05, 0.1) is 38.6 Å². The summed E-state index contributed by atoms with van der Waals surface area (Å²) in [6.45, 7) is 0.270. The molecule has 2 aromatic carbocycles. The number of rotatable bonds is 6. The molecule has 1 saturated heterocycles. The summed E-state index contributed by atoms with van der Waals surface area (Å²) >= 11 is 0. The maximum Gasteiger partial charge on any atom is 0.229 e. The molecule has 1 aliphatic heterocycles. The van der Waals surface area contributed by atoms with E-state index >= 15 is 0 Å². The average Bonchev–Trinajstić information content (AvgIpc) is 3.09. The molecule has 0 aliphatic carbocycles. The van der Waals surface area contributed by atoms with Crippen molar-refractivity contribution in [2.24, 2.45) is 5.92 Å². The maximum absolute atomic E-state index is 12.6. The third kappa shape index (κ3) is 3.95. The normalized spacial score (nSPS) is 16.0. The van der Waals surface area contributed by atoms with Gasteiger partial charge in [-0.3, -0.25) is 9.59 Å². The predicted molar refractivity (Wildman–Crippen MR) is 106 cm³/mol. The van der Waals surface area contributed by atoms with Crippen LogP contribution in [0.2, 0.25) is 0 Å². The molecule has 3 N–H and O–H groups in total. The van der Waals surface area contributed by atoms with Gasteiger partial charge in [-0.25, -0.2) is 0 Å². The van der Waals surface area contributed by atoms with Gasteiger partial charge in [0.2, 0.25) is 11.8 Å². The fraction of sp³-hybridized carbons (Fsp3) is 0.300. The zero-order valence-electron chi connectivity index (χ0n) is 16.0. The van der Waals surface area contributed by atoms with Crippen LogP contribution in [-0.2, 0) is 9.59 Å². The van der Waals surface area contributed by atoms with Crippen molar-refractivity contribution >= 4 is 28.9 Å². The Bertz CT molecular complexity index is 877. The van der Waals surface area contributed by atoms with Gasteiger partial charge in [0.25, 0.3) is 0 Å². The Morgan fingerprint density at radius 2 is 1.75 bits per heavy atom. The van der Waals surface area contributed by atoms with Crippen LogP contribution in [0.25, 0.3) is 0 Å². The topological polar surface area (TPSA) is 103 Å². The van der Waals surface area contributed by atoms with Crippen LogP contribution in [0.15, 0.2) is 36.4 Å². The number of nitrogens with zero attached hydrogens (tertiary/aromatic N) is 1. The van der Waals surface area contributed by atoms with Crippen molar-refractivity contribution in [1.29, 1.82) is 0 Å². The summed E-state index contributed by atoms with van der Waals surface area (Å²) in [6, 6.07) is 10.2. The van der Waals surface area contributed by atoms with Crippen LogP contribution in [0, 0.1) is 5.92 Å². The second-order valence-electron chi connectivity index (χ2n) is 6.42. The Morgan fingerprint density at radius 1 is 1.07 bits per heavy atom. The lowest BCUT2D eigenvalue weighted by Gasteiger charge is -2.18. The number of nitrogen functional groups attached to an aromatic ring is 1. The van der Waals surface area contributed by atoms with E-state index in [1.54, 1.807) is 55.5 Å². The van der Waals surface area contributed by atoms with Gasteiger partial charge < -0.3 is 30.2 Å². The van der Waals surface area contributed by atoms with Crippen LogP contribution in [-0.4, -0.2) is 39.7 Å². The van der Waals surface area contributed by atoms with E-state index in [9.17, 15) is 9.59 Å². The van der Waals surface area contributed by atoms with Gasteiger partial charge in [0, 0.05) is 36.9 Å². The smallest absolute Gasteiger partial charge is 0.229 e. The lowest BCUT2D eigenvalue weighted by Crippen LogP contribution is -2.28. The first-order valence-electron chi connectivity index (χ1n) is 8.73. The molecular formula is C20H23N3O5. The van der Waals surface area contributed by atoms with Crippen LogP contribution in [0.4, 0.5) is 17.1 Å². The number of nitrogens with two attached hydrogens (primary N) is 1. The number of nitrogens with one attached hydrogen (secondary N) is 1. The minimum atomic E-state index is -0.479. The number of hydrogen-bond acceptors (Lipinski definition) is 6. The molecule has 1 fully saturated rings. The fourth-order valence-corrected chi connectivity index (χ4v) is 3.14. The molecule has 3 rings (SSSR count). The SMILES string of the molecule is COc1cc(OC)cc(N2CC(C(=O)Nc3ccc(OC)c(N)c3)CC2=O)c1. The highest BCUT2D eigenvalue weighted by molar-refractivity contribution is 6.03. The Kier molecular flexibility index (Phi) is 5.58. The Labute approximate surface area is 163 Å². The fourth-order valence-electron chi connectivity index (χ4n) is 3.14. The molecule has 1 aliphatic rings. The number of ether oxygens (including phenoxy) is 3.